The van der Waals surface area contributed by atoms with Gasteiger partial charge in [0.1, 0.15) is 0 Å². The van der Waals surface area contributed by atoms with Crippen LogP contribution in [-0.2, 0) is 9.53 Å². The van der Waals surface area contributed by atoms with E-state index in [1.165, 1.54) is 0 Å². The predicted octanol–water partition coefficient (Wildman–Crippen LogP) is -1.08. The third-order valence-electron chi connectivity index (χ3n) is 2.95. The summed E-state index contributed by atoms with van der Waals surface area (Å²) in [5.41, 5.74) is 5.32. The van der Waals surface area contributed by atoms with Crippen LogP contribution in [0.25, 0.3) is 0 Å². The van der Waals surface area contributed by atoms with Crippen LogP contribution in [0.5, 0.6) is 0 Å². The van der Waals surface area contributed by atoms with E-state index in [0.717, 1.165) is 25.9 Å². The highest BCUT2D eigenvalue weighted by atomic mass is 16.5. The lowest BCUT2D eigenvalue weighted by Gasteiger charge is -2.31. The lowest BCUT2D eigenvalue weighted by Crippen LogP contribution is -2.47. The number of fused-ring (bicyclic) bond motifs is 2. The van der Waals surface area contributed by atoms with E-state index in [0.29, 0.717) is 31.8 Å². The Kier molecular flexibility index (Phi) is 3.56. The summed E-state index contributed by atoms with van der Waals surface area (Å²) in [5, 5.41) is 2.78. The molecule has 2 bridgehead atoms. The molecule has 2 fully saturated rings. The zero-order chi connectivity index (χ0) is 10.7. The summed E-state index contributed by atoms with van der Waals surface area (Å²) in [4.78, 5) is 13.6. The first-order chi connectivity index (χ1) is 7.28. The van der Waals surface area contributed by atoms with Gasteiger partial charge in [-0.2, -0.15) is 0 Å². The highest BCUT2D eigenvalue weighted by Gasteiger charge is 2.33. The van der Waals surface area contributed by atoms with Crippen molar-refractivity contribution in [1.82, 2.24) is 10.2 Å². The molecule has 86 valence electrons. The number of carbonyl (C=O) groups excluding carboxylic acids is 1. The van der Waals surface area contributed by atoms with Gasteiger partial charge in [0.15, 0.2) is 0 Å². The maximum absolute atomic E-state index is 11.5. The first-order valence-electron chi connectivity index (χ1n) is 5.62. The normalized spacial score (nSPS) is 30.5. The molecule has 5 heteroatoms. The predicted molar refractivity (Wildman–Crippen MR) is 56.4 cm³/mol. The van der Waals surface area contributed by atoms with Crippen molar-refractivity contribution in [1.29, 1.82) is 0 Å². The quantitative estimate of drug-likeness (QED) is 0.623. The van der Waals surface area contributed by atoms with Gasteiger partial charge < -0.3 is 15.8 Å². The minimum atomic E-state index is 0.0711. The third kappa shape index (κ3) is 2.90. The van der Waals surface area contributed by atoms with Crippen LogP contribution in [0.15, 0.2) is 0 Å². The fourth-order valence-corrected chi connectivity index (χ4v) is 2.30. The van der Waals surface area contributed by atoms with E-state index >= 15 is 0 Å². The van der Waals surface area contributed by atoms with Crippen LogP contribution in [-0.4, -0.2) is 55.7 Å². The molecule has 2 atom stereocenters. The second kappa shape index (κ2) is 4.92. The summed E-state index contributed by atoms with van der Waals surface area (Å²) in [5.74, 6) is 0.0711. The van der Waals surface area contributed by atoms with Gasteiger partial charge in [0.05, 0.1) is 18.8 Å². The largest absolute Gasteiger partial charge is 0.372 e. The van der Waals surface area contributed by atoms with Gasteiger partial charge in [0.2, 0.25) is 5.91 Å². The zero-order valence-electron chi connectivity index (χ0n) is 8.95. The summed E-state index contributed by atoms with van der Waals surface area (Å²) < 4.78 is 5.70. The highest BCUT2D eigenvalue weighted by molar-refractivity contribution is 5.78. The van der Waals surface area contributed by atoms with Crippen LogP contribution in [0.4, 0.5) is 0 Å². The van der Waals surface area contributed by atoms with Crippen molar-refractivity contribution in [3.63, 3.8) is 0 Å². The Labute approximate surface area is 89.9 Å². The molecule has 2 unspecified atom stereocenters. The average Bonchev–Trinajstić information content (AvgIpc) is 2.55. The number of amides is 1. The summed E-state index contributed by atoms with van der Waals surface area (Å²) in [7, 11) is 0. The Balaban J connectivity index is 1.73. The van der Waals surface area contributed by atoms with Crippen molar-refractivity contribution in [2.75, 3.05) is 32.7 Å². The number of carbonyl (C=O) groups is 1. The fourth-order valence-electron chi connectivity index (χ4n) is 2.30. The standard InChI is InChI=1S/C10H19N3O2/c11-3-4-12-10(14)7-13-5-8-1-2-9(6-13)15-8/h8-9H,1-7,11H2,(H,12,14). The van der Waals surface area contributed by atoms with Gasteiger partial charge in [-0.3, -0.25) is 9.69 Å². The Hall–Kier alpha value is -0.650. The summed E-state index contributed by atoms with van der Waals surface area (Å²) in [6, 6.07) is 0. The maximum atomic E-state index is 11.5. The third-order valence-corrected chi connectivity index (χ3v) is 2.95. The number of nitrogens with zero attached hydrogens (tertiary/aromatic N) is 1. The van der Waals surface area contributed by atoms with E-state index in [9.17, 15) is 4.79 Å². The minimum absolute atomic E-state index is 0.0711. The number of likely N-dealkylation sites (tertiary alicyclic amines) is 1. The molecule has 0 aromatic rings. The van der Waals surface area contributed by atoms with Crippen molar-refractivity contribution >= 4 is 5.91 Å². The molecule has 15 heavy (non-hydrogen) atoms. The Bertz CT molecular complexity index is 223. The first kappa shape index (κ1) is 10.9. The highest BCUT2D eigenvalue weighted by Crippen LogP contribution is 2.25. The zero-order valence-corrected chi connectivity index (χ0v) is 8.95. The molecule has 0 spiro atoms. The minimum Gasteiger partial charge on any atom is -0.372 e. The van der Waals surface area contributed by atoms with Gasteiger partial charge in [-0.15, -0.1) is 0 Å². The molecule has 2 heterocycles. The molecule has 0 aromatic carbocycles. The summed E-state index contributed by atoms with van der Waals surface area (Å²) in [6.07, 6.45) is 2.99. The van der Waals surface area contributed by atoms with Crippen LogP contribution >= 0.6 is 0 Å². The monoisotopic (exact) mass is 213 g/mol. The van der Waals surface area contributed by atoms with Gasteiger partial charge in [-0.1, -0.05) is 0 Å². The number of ether oxygens (including phenoxy) is 1. The number of hydrogen-bond donors (Lipinski definition) is 2. The van der Waals surface area contributed by atoms with Gasteiger partial charge in [0.25, 0.3) is 0 Å². The van der Waals surface area contributed by atoms with Gasteiger partial charge in [0, 0.05) is 26.2 Å². The number of nitrogens with one attached hydrogen (secondary N) is 1. The SMILES string of the molecule is NCCNC(=O)CN1CC2CCC(C1)O2. The van der Waals surface area contributed by atoms with Crippen molar-refractivity contribution < 1.29 is 9.53 Å². The second-order valence-electron chi connectivity index (χ2n) is 4.29. The molecular weight excluding hydrogens is 194 g/mol. The van der Waals surface area contributed by atoms with Crippen LogP contribution in [0, 0.1) is 0 Å². The molecule has 0 radical (unpaired) electrons. The molecule has 2 rings (SSSR count). The molecule has 0 aliphatic carbocycles. The molecule has 2 aliphatic rings. The topological polar surface area (TPSA) is 67.6 Å². The molecule has 0 saturated carbocycles. The van der Waals surface area contributed by atoms with E-state index in [1.807, 2.05) is 0 Å². The Morgan fingerprint density at radius 3 is 2.67 bits per heavy atom. The molecule has 5 nitrogen and oxygen atoms in total. The average molecular weight is 213 g/mol. The fraction of sp³-hybridized carbons (Fsp3) is 0.900. The van der Waals surface area contributed by atoms with E-state index in [1.54, 1.807) is 0 Å². The van der Waals surface area contributed by atoms with Gasteiger partial charge in [-0.05, 0) is 12.8 Å². The molecule has 0 aromatic heterocycles. The van der Waals surface area contributed by atoms with Crippen LogP contribution < -0.4 is 11.1 Å². The smallest absolute Gasteiger partial charge is 0.234 e. The molecule has 2 saturated heterocycles. The van der Waals surface area contributed by atoms with Crippen molar-refractivity contribution in [2.24, 2.45) is 5.73 Å². The molecule has 2 aliphatic heterocycles. The number of rotatable bonds is 4. The summed E-state index contributed by atoms with van der Waals surface area (Å²) >= 11 is 0. The Morgan fingerprint density at radius 1 is 1.40 bits per heavy atom. The molecule has 1 amide bonds. The van der Waals surface area contributed by atoms with E-state index in [4.69, 9.17) is 10.5 Å². The summed E-state index contributed by atoms with van der Waals surface area (Å²) in [6.45, 7) is 3.34. The maximum Gasteiger partial charge on any atom is 0.234 e. The number of hydrogen-bond acceptors (Lipinski definition) is 4. The van der Waals surface area contributed by atoms with Crippen LogP contribution in [0.3, 0.4) is 0 Å². The van der Waals surface area contributed by atoms with Crippen molar-refractivity contribution in [3.05, 3.63) is 0 Å². The van der Waals surface area contributed by atoms with Gasteiger partial charge >= 0.3 is 0 Å². The van der Waals surface area contributed by atoms with E-state index < -0.39 is 0 Å². The van der Waals surface area contributed by atoms with E-state index in [-0.39, 0.29) is 5.91 Å². The second-order valence-corrected chi connectivity index (χ2v) is 4.29. The first-order valence-corrected chi connectivity index (χ1v) is 5.62. The van der Waals surface area contributed by atoms with Gasteiger partial charge in [-0.25, -0.2) is 0 Å². The Morgan fingerprint density at radius 2 is 2.07 bits per heavy atom. The van der Waals surface area contributed by atoms with Crippen molar-refractivity contribution in [3.8, 4) is 0 Å². The number of nitrogens with two attached hydrogens (primary N) is 1. The molecule has 3 N–H and O–H groups in total. The lowest BCUT2D eigenvalue weighted by molar-refractivity contribution is -0.124. The van der Waals surface area contributed by atoms with Crippen LogP contribution in [0.1, 0.15) is 12.8 Å². The van der Waals surface area contributed by atoms with Crippen molar-refractivity contribution in [2.45, 2.75) is 25.0 Å². The lowest BCUT2D eigenvalue weighted by atomic mass is 10.2. The number of morpholine rings is 1. The molecular formula is C10H19N3O2. The van der Waals surface area contributed by atoms with E-state index in [2.05, 4.69) is 10.2 Å². The van der Waals surface area contributed by atoms with Crippen LogP contribution in [0.2, 0.25) is 0 Å².